The molecule has 0 heterocycles. The fraction of sp³-hybridized carbons (Fsp3) is 0.500. The molecule has 0 nitrogen and oxygen atoms in total. The van der Waals surface area contributed by atoms with E-state index in [1.165, 1.54) is 170 Å². The van der Waals surface area contributed by atoms with Crippen LogP contribution in [0.5, 0.6) is 0 Å². The lowest BCUT2D eigenvalue weighted by Crippen LogP contribution is -2.27. The number of benzene rings is 5. The molecule has 0 aliphatic heterocycles. The molecule has 0 spiro atoms. The Kier molecular flexibility index (Phi) is 13.1. The molecule has 2 aliphatic carbocycles. The Labute approximate surface area is 344 Å². The molecule has 0 atom stereocenters. The summed E-state index contributed by atoms with van der Waals surface area (Å²) in [5.41, 5.74) is 12.6. The van der Waals surface area contributed by atoms with Crippen LogP contribution in [0.4, 0.5) is 0 Å². The van der Waals surface area contributed by atoms with Crippen molar-refractivity contribution in [1.29, 1.82) is 0 Å². The van der Waals surface area contributed by atoms with Gasteiger partial charge in [0.1, 0.15) is 0 Å². The van der Waals surface area contributed by atoms with Gasteiger partial charge in [-0.25, -0.2) is 0 Å². The molecule has 0 unspecified atom stereocenters. The van der Waals surface area contributed by atoms with Crippen molar-refractivity contribution < 1.29 is 0 Å². The number of hydrogen-bond donors (Lipinski definition) is 0. The maximum absolute atomic E-state index is 4.14. The van der Waals surface area contributed by atoms with E-state index in [1.54, 1.807) is 33.4 Å². The highest BCUT2D eigenvalue weighted by molar-refractivity contribution is 9.11. The monoisotopic (exact) mass is 846 g/mol. The van der Waals surface area contributed by atoms with Gasteiger partial charge in [0.25, 0.3) is 0 Å². The van der Waals surface area contributed by atoms with E-state index in [0.717, 1.165) is 0 Å². The molecule has 0 aromatic heterocycles. The number of rotatable bonds is 20. The summed E-state index contributed by atoms with van der Waals surface area (Å²) in [4.78, 5) is 0. The van der Waals surface area contributed by atoms with Crippen molar-refractivity contribution in [3.8, 4) is 22.3 Å². The van der Waals surface area contributed by atoms with Gasteiger partial charge in [-0.2, -0.15) is 0 Å². The zero-order valence-electron chi connectivity index (χ0n) is 33.8. The van der Waals surface area contributed by atoms with Crippen LogP contribution in [0.25, 0.3) is 43.8 Å². The third-order valence-electron chi connectivity index (χ3n) is 13.6. The molecule has 0 radical (unpaired) electrons. The van der Waals surface area contributed by atoms with Crippen LogP contribution in [0.2, 0.25) is 0 Å². The van der Waals surface area contributed by atoms with E-state index in [0.29, 0.717) is 0 Å². The molecule has 0 saturated carbocycles. The molecule has 2 heteroatoms. The summed E-state index contributed by atoms with van der Waals surface area (Å²) < 4.78 is 2.51. The van der Waals surface area contributed by atoms with Crippen LogP contribution < -0.4 is 0 Å². The Balaban J connectivity index is 1.54. The summed E-state index contributed by atoms with van der Waals surface area (Å²) in [6.45, 7) is 9.41. The summed E-state index contributed by atoms with van der Waals surface area (Å²) in [5.74, 6) is 0. The molecule has 0 bridgehead atoms. The first-order chi connectivity index (χ1) is 26.5. The van der Waals surface area contributed by atoms with E-state index in [1.807, 2.05) is 0 Å². The zero-order valence-corrected chi connectivity index (χ0v) is 37.0. The van der Waals surface area contributed by atoms with Crippen molar-refractivity contribution in [2.45, 2.75) is 167 Å². The molecule has 5 aromatic carbocycles. The summed E-state index contributed by atoms with van der Waals surface area (Å²) in [5, 5.41) is 5.54. The second-order valence-corrected chi connectivity index (χ2v) is 18.7. The fourth-order valence-electron chi connectivity index (χ4n) is 10.8. The van der Waals surface area contributed by atoms with Gasteiger partial charge < -0.3 is 0 Å². The zero-order chi connectivity index (χ0) is 37.7. The molecule has 7 rings (SSSR count). The van der Waals surface area contributed by atoms with E-state index < -0.39 is 0 Å². The summed E-state index contributed by atoms with van der Waals surface area (Å²) in [6, 6.07) is 29.2. The third kappa shape index (κ3) is 7.19. The Hall–Kier alpha value is -2.42. The minimum absolute atomic E-state index is 0.0204. The van der Waals surface area contributed by atoms with Crippen molar-refractivity contribution in [3.05, 3.63) is 104 Å². The van der Waals surface area contributed by atoms with Gasteiger partial charge >= 0.3 is 0 Å². The highest BCUT2D eigenvalue weighted by atomic mass is 79.9. The molecule has 0 N–H and O–H groups in total. The average molecular weight is 849 g/mol. The molecule has 2 aliphatic rings. The van der Waals surface area contributed by atoms with Crippen LogP contribution in [-0.2, 0) is 10.8 Å². The lowest BCUT2D eigenvalue weighted by atomic mass is 9.68. The van der Waals surface area contributed by atoms with Gasteiger partial charge in [-0.1, -0.05) is 211 Å². The minimum atomic E-state index is 0.0204. The van der Waals surface area contributed by atoms with Gasteiger partial charge in [0.05, 0.1) is 0 Å². The Morgan fingerprint density at radius 3 is 1.00 bits per heavy atom. The second-order valence-electron chi connectivity index (χ2n) is 17.0. The predicted octanol–water partition coefficient (Wildman–Crippen LogP) is 17.9. The van der Waals surface area contributed by atoms with Crippen molar-refractivity contribution in [3.63, 3.8) is 0 Å². The molecule has 5 aromatic rings. The van der Waals surface area contributed by atoms with Crippen LogP contribution in [0, 0.1) is 0 Å². The maximum Gasteiger partial charge on any atom is 0.0257 e. The first kappa shape index (κ1) is 39.8. The van der Waals surface area contributed by atoms with E-state index in [2.05, 4.69) is 132 Å². The topological polar surface area (TPSA) is 0 Å². The van der Waals surface area contributed by atoms with Crippen molar-refractivity contribution in [2.24, 2.45) is 0 Å². The van der Waals surface area contributed by atoms with Crippen LogP contribution in [-0.4, -0.2) is 0 Å². The van der Waals surface area contributed by atoms with Gasteiger partial charge in [0.15, 0.2) is 0 Å². The van der Waals surface area contributed by atoms with Gasteiger partial charge in [-0.15, -0.1) is 0 Å². The number of unbranched alkanes of at least 4 members (excludes halogenated alkanes) is 12. The van der Waals surface area contributed by atoms with Gasteiger partial charge in [0.2, 0.25) is 0 Å². The van der Waals surface area contributed by atoms with E-state index >= 15 is 0 Å². The Morgan fingerprint density at radius 1 is 0.370 bits per heavy atom. The third-order valence-corrected chi connectivity index (χ3v) is 14.9. The molecule has 0 saturated heterocycles. The lowest BCUT2D eigenvalue weighted by Gasteiger charge is -2.35. The second kappa shape index (κ2) is 17.8. The summed E-state index contributed by atoms with van der Waals surface area (Å²) in [6.07, 6.45) is 25.7. The summed E-state index contributed by atoms with van der Waals surface area (Å²) >= 11 is 8.28. The van der Waals surface area contributed by atoms with Gasteiger partial charge in [-0.05, 0) is 116 Å². The van der Waals surface area contributed by atoms with E-state index in [9.17, 15) is 0 Å². The summed E-state index contributed by atoms with van der Waals surface area (Å²) in [7, 11) is 0. The van der Waals surface area contributed by atoms with Gasteiger partial charge in [-0.3, -0.25) is 0 Å². The molecule has 0 fully saturated rings. The van der Waals surface area contributed by atoms with Crippen molar-refractivity contribution in [1.82, 2.24) is 0 Å². The quantitative estimate of drug-likeness (QED) is 0.0685. The first-order valence-electron chi connectivity index (χ1n) is 22.1. The van der Waals surface area contributed by atoms with Gasteiger partial charge in [0, 0.05) is 19.8 Å². The molecular weight excluding hydrogens is 784 g/mol. The smallest absolute Gasteiger partial charge is 0.0257 e. The Bertz CT molecular complexity index is 1890. The largest absolute Gasteiger partial charge is 0.0654 e. The Morgan fingerprint density at radius 2 is 0.685 bits per heavy atom. The van der Waals surface area contributed by atoms with E-state index in [4.69, 9.17) is 0 Å². The highest BCUT2D eigenvalue weighted by Crippen LogP contribution is 2.63. The molecule has 54 heavy (non-hydrogen) atoms. The van der Waals surface area contributed by atoms with Crippen LogP contribution in [0.15, 0.2) is 81.7 Å². The number of fused-ring (bicyclic) bond motifs is 10. The molecule has 0 amide bonds. The molecular formula is C52H64Br2. The van der Waals surface area contributed by atoms with Crippen LogP contribution in [0.1, 0.15) is 178 Å². The van der Waals surface area contributed by atoms with Crippen molar-refractivity contribution >= 4 is 53.4 Å². The average Bonchev–Trinajstić information content (AvgIpc) is 3.60. The maximum atomic E-state index is 4.14. The fourth-order valence-corrected chi connectivity index (χ4v) is 12.0. The lowest BCUT2D eigenvalue weighted by molar-refractivity contribution is 0.397. The molecule has 286 valence electrons. The standard InChI is InChI=1S/C52H64Br2/c1-5-9-13-21-29-51(30-22-14-10-6-2)43-33-42-44(34-41(43)49-39-27-19-17-25-37(39)47(53)35-45(49)51)52(31-23-15-11-7-3,32-24-16-12-8-4)46-36-48(54)38-26-18-20-28-40(38)50(42)46/h17-20,25-28,33-36H,5-16,21-24,29-32H2,1-4H3. The normalized spacial score (nSPS) is 14.8. The number of halogens is 2. The highest BCUT2D eigenvalue weighted by Gasteiger charge is 2.49. The van der Waals surface area contributed by atoms with Crippen LogP contribution >= 0.6 is 31.9 Å². The van der Waals surface area contributed by atoms with E-state index in [-0.39, 0.29) is 10.8 Å². The minimum Gasteiger partial charge on any atom is -0.0654 e. The first-order valence-corrected chi connectivity index (χ1v) is 23.7. The van der Waals surface area contributed by atoms with Crippen LogP contribution in [0.3, 0.4) is 0 Å². The predicted molar refractivity (Wildman–Crippen MR) is 244 cm³/mol. The van der Waals surface area contributed by atoms with Crippen molar-refractivity contribution in [2.75, 3.05) is 0 Å². The number of hydrogen-bond acceptors (Lipinski definition) is 0. The SMILES string of the molecule is CCCCCCC1(CCCCCC)c2cc3c(cc2-c2c1cc(Br)c1ccccc21)C(CCCCCC)(CCCCCC)c1cc(Br)c2ccccc2c1-3.